The van der Waals surface area contributed by atoms with Gasteiger partial charge in [0.1, 0.15) is 4.99 Å². The second-order valence-electron chi connectivity index (χ2n) is 3.42. The van der Waals surface area contributed by atoms with Crippen LogP contribution in [0.3, 0.4) is 0 Å². The maximum Gasteiger partial charge on any atom is 0.101 e. The molecule has 0 unspecified atom stereocenters. The summed E-state index contributed by atoms with van der Waals surface area (Å²) in [5.74, 6) is 0. The molecular weight excluding hydrogens is 190 g/mol. The number of thiocarbonyl (C=S) groups is 1. The van der Waals surface area contributed by atoms with Crippen LogP contribution in [0.2, 0.25) is 0 Å². The van der Waals surface area contributed by atoms with Crippen molar-refractivity contribution in [2.45, 2.75) is 6.92 Å². The first-order chi connectivity index (χ1) is 6.61. The second-order valence-corrected chi connectivity index (χ2v) is 3.84. The van der Waals surface area contributed by atoms with E-state index in [9.17, 15) is 0 Å². The lowest BCUT2D eigenvalue weighted by Crippen LogP contribution is -2.16. The zero-order chi connectivity index (χ0) is 10.6. The molecule has 0 N–H and O–H groups in total. The summed E-state index contributed by atoms with van der Waals surface area (Å²) in [4.78, 5) is 2.76. The highest BCUT2D eigenvalue weighted by molar-refractivity contribution is 7.80. The Morgan fingerprint density at radius 1 is 1.29 bits per heavy atom. The van der Waals surface area contributed by atoms with Crippen molar-refractivity contribution in [3.63, 3.8) is 0 Å². The molecule has 0 saturated carbocycles. The Morgan fingerprint density at radius 3 is 2.50 bits per heavy atom. The quantitative estimate of drug-likeness (QED) is 0.539. The number of likely N-dealkylation sites (N-methyl/N-ethyl adjacent to an activating group) is 1. The summed E-state index contributed by atoms with van der Waals surface area (Å²) in [7, 11) is 3.90. The number of aryl methyl sites for hydroxylation is 1. The fraction of sp³-hybridized carbons (Fsp3) is 0.250. The van der Waals surface area contributed by atoms with Crippen molar-refractivity contribution >= 4 is 23.3 Å². The van der Waals surface area contributed by atoms with Crippen molar-refractivity contribution < 1.29 is 0 Å². The van der Waals surface area contributed by atoms with Crippen LogP contribution in [0.1, 0.15) is 11.1 Å². The first kappa shape index (κ1) is 10.9. The van der Waals surface area contributed by atoms with Gasteiger partial charge in [-0.1, -0.05) is 42.6 Å². The minimum atomic E-state index is 0.841. The lowest BCUT2D eigenvalue weighted by molar-refractivity contribution is 0.639. The molecule has 0 amide bonds. The van der Waals surface area contributed by atoms with E-state index < -0.39 is 0 Å². The summed E-state index contributed by atoms with van der Waals surface area (Å²) in [6, 6.07) is 8.25. The Labute approximate surface area is 91.1 Å². The van der Waals surface area contributed by atoms with Gasteiger partial charge in [0.25, 0.3) is 0 Å². The van der Waals surface area contributed by atoms with Crippen LogP contribution in [0.15, 0.2) is 30.3 Å². The van der Waals surface area contributed by atoms with Gasteiger partial charge in [0.05, 0.1) is 0 Å². The molecule has 1 rings (SSSR count). The van der Waals surface area contributed by atoms with Gasteiger partial charge in [0.2, 0.25) is 0 Å². The number of hydrogen-bond acceptors (Lipinski definition) is 1. The number of hydrogen-bond donors (Lipinski definition) is 0. The molecule has 0 radical (unpaired) electrons. The average Bonchev–Trinajstić information content (AvgIpc) is 2.16. The van der Waals surface area contributed by atoms with Crippen molar-refractivity contribution in [2.24, 2.45) is 0 Å². The van der Waals surface area contributed by atoms with E-state index in [-0.39, 0.29) is 0 Å². The van der Waals surface area contributed by atoms with E-state index in [0.717, 1.165) is 4.99 Å². The third kappa shape index (κ3) is 2.96. The first-order valence-corrected chi connectivity index (χ1v) is 4.97. The molecule has 0 aliphatic heterocycles. The predicted molar refractivity (Wildman–Crippen MR) is 66.5 cm³/mol. The van der Waals surface area contributed by atoms with E-state index in [1.165, 1.54) is 11.1 Å². The highest BCUT2D eigenvalue weighted by Gasteiger charge is 1.94. The van der Waals surface area contributed by atoms with Crippen molar-refractivity contribution in [2.75, 3.05) is 14.1 Å². The van der Waals surface area contributed by atoms with Crippen LogP contribution < -0.4 is 0 Å². The highest BCUT2D eigenvalue weighted by Crippen LogP contribution is 2.08. The molecule has 0 aromatic heterocycles. The number of nitrogens with zero attached hydrogens (tertiary/aromatic N) is 1. The van der Waals surface area contributed by atoms with Gasteiger partial charge >= 0.3 is 0 Å². The number of benzene rings is 1. The second kappa shape index (κ2) is 4.91. The van der Waals surface area contributed by atoms with E-state index in [2.05, 4.69) is 25.1 Å². The van der Waals surface area contributed by atoms with Crippen LogP contribution in [-0.2, 0) is 0 Å². The standard InChI is InChI=1S/C12H15NS/c1-10-6-4-5-7-11(10)8-9-12(14)13(2)3/h4-9H,1-3H3/b9-8+. The normalized spacial score (nSPS) is 10.5. The average molecular weight is 205 g/mol. The van der Waals surface area contributed by atoms with Gasteiger partial charge in [-0.25, -0.2) is 0 Å². The molecule has 1 nitrogen and oxygen atoms in total. The summed E-state index contributed by atoms with van der Waals surface area (Å²) < 4.78 is 0. The Balaban J connectivity index is 2.79. The van der Waals surface area contributed by atoms with E-state index in [4.69, 9.17) is 12.2 Å². The molecule has 0 atom stereocenters. The van der Waals surface area contributed by atoms with E-state index in [1.807, 2.05) is 37.2 Å². The summed E-state index contributed by atoms with van der Waals surface area (Å²) in [6.07, 6.45) is 4.01. The summed E-state index contributed by atoms with van der Waals surface area (Å²) >= 11 is 5.16. The smallest absolute Gasteiger partial charge is 0.101 e. The van der Waals surface area contributed by atoms with Crippen LogP contribution in [0.5, 0.6) is 0 Å². The molecule has 0 bridgehead atoms. The fourth-order valence-corrected chi connectivity index (χ4v) is 1.15. The molecule has 0 aliphatic carbocycles. The van der Waals surface area contributed by atoms with Crippen molar-refractivity contribution in [3.05, 3.63) is 41.5 Å². The minimum absolute atomic E-state index is 0.841. The van der Waals surface area contributed by atoms with Crippen LogP contribution in [0, 0.1) is 6.92 Å². The van der Waals surface area contributed by atoms with Crippen LogP contribution in [0.25, 0.3) is 6.08 Å². The molecule has 0 heterocycles. The molecule has 74 valence electrons. The largest absolute Gasteiger partial charge is 0.369 e. The van der Waals surface area contributed by atoms with Crippen molar-refractivity contribution in [1.29, 1.82) is 0 Å². The minimum Gasteiger partial charge on any atom is -0.369 e. The van der Waals surface area contributed by atoms with E-state index in [0.29, 0.717) is 0 Å². The van der Waals surface area contributed by atoms with E-state index >= 15 is 0 Å². The molecular formula is C12H15NS. The summed E-state index contributed by atoms with van der Waals surface area (Å²) in [6.45, 7) is 2.10. The molecule has 0 fully saturated rings. The summed E-state index contributed by atoms with van der Waals surface area (Å²) in [5, 5.41) is 0. The van der Waals surface area contributed by atoms with Crippen LogP contribution in [-0.4, -0.2) is 24.0 Å². The van der Waals surface area contributed by atoms with Crippen LogP contribution >= 0.6 is 12.2 Å². The Hall–Kier alpha value is -1.15. The molecule has 0 spiro atoms. The Bertz CT molecular complexity index is 353. The van der Waals surface area contributed by atoms with Gasteiger partial charge < -0.3 is 4.90 Å². The van der Waals surface area contributed by atoms with Gasteiger partial charge in [-0.2, -0.15) is 0 Å². The summed E-state index contributed by atoms with van der Waals surface area (Å²) in [5.41, 5.74) is 2.49. The zero-order valence-electron chi connectivity index (χ0n) is 8.82. The van der Waals surface area contributed by atoms with Gasteiger partial charge in [-0.15, -0.1) is 0 Å². The van der Waals surface area contributed by atoms with Gasteiger partial charge in [-0.05, 0) is 24.1 Å². The van der Waals surface area contributed by atoms with Crippen molar-refractivity contribution in [1.82, 2.24) is 4.90 Å². The SMILES string of the molecule is Cc1ccccc1/C=C/C(=S)N(C)C. The van der Waals surface area contributed by atoms with Crippen molar-refractivity contribution in [3.8, 4) is 0 Å². The molecule has 14 heavy (non-hydrogen) atoms. The highest BCUT2D eigenvalue weighted by atomic mass is 32.1. The molecule has 0 saturated heterocycles. The lowest BCUT2D eigenvalue weighted by Gasteiger charge is -2.09. The van der Waals surface area contributed by atoms with Gasteiger partial charge in [0.15, 0.2) is 0 Å². The maximum absolute atomic E-state index is 5.16. The first-order valence-electron chi connectivity index (χ1n) is 4.56. The molecule has 0 aliphatic rings. The monoisotopic (exact) mass is 205 g/mol. The zero-order valence-corrected chi connectivity index (χ0v) is 9.64. The van der Waals surface area contributed by atoms with E-state index in [1.54, 1.807) is 0 Å². The lowest BCUT2D eigenvalue weighted by atomic mass is 10.1. The maximum atomic E-state index is 5.16. The fourth-order valence-electron chi connectivity index (χ4n) is 1.08. The molecule has 2 heteroatoms. The molecule has 1 aromatic rings. The topological polar surface area (TPSA) is 3.24 Å². The third-order valence-electron chi connectivity index (χ3n) is 2.03. The van der Waals surface area contributed by atoms with Crippen LogP contribution in [0.4, 0.5) is 0 Å². The van der Waals surface area contributed by atoms with Gasteiger partial charge in [-0.3, -0.25) is 0 Å². The Kier molecular flexibility index (Phi) is 3.84. The van der Waals surface area contributed by atoms with Gasteiger partial charge in [0, 0.05) is 14.1 Å². The number of rotatable bonds is 2. The molecule has 1 aromatic carbocycles. The third-order valence-corrected chi connectivity index (χ3v) is 2.54. The Morgan fingerprint density at radius 2 is 1.93 bits per heavy atom. The predicted octanol–water partition coefficient (Wildman–Crippen LogP) is 2.90.